The fourth-order valence-corrected chi connectivity index (χ4v) is 6.51. The lowest BCUT2D eigenvalue weighted by Crippen LogP contribution is -2.41. The molecule has 2 heterocycles. The second kappa shape index (κ2) is 16.6. The van der Waals surface area contributed by atoms with Gasteiger partial charge in [0.15, 0.2) is 5.69 Å². The Balaban J connectivity index is 1.11. The molecule has 1 aromatic heterocycles. The highest BCUT2D eigenvalue weighted by Gasteiger charge is 2.40. The number of nitrogens with one attached hydrogen (secondary N) is 1. The molecule has 0 aliphatic carbocycles. The predicted octanol–water partition coefficient (Wildman–Crippen LogP) is 5.16. The van der Waals surface area contributed by atoms with Crippen LogP contribution in [0.3, 0.4) is 0 Å². The Bertz CT molecular complexity index is 2230. The number of esters is 1. The average Bonchev–Trinajstić information content (AvgIpc) is 3.71. The van der Waals surface area contributed by atoms with Crippen LogP contribution in [-0.2, 0) is 35.4 Å². The van der Waals surface area contributed by atoms with Gasteiger partial charge in [0, 0.05) is 12.0 Å². The maximum atomic E-state index is 13.6. The van der Waals surface area contributed by atoms with Gasteiger partial charge in [0.25, 0.3) is 21.8 Å². The van der Waals surface area contributed by atoms with E-state index in [9.17, 15) is 46.0 Å². The van der Waals surface area contributed by atoms with E-state index >= 15 is 0 Å². The topological polar surface area (TPSA) is 196 Å². The molecule has 56 heavy (non-hydrogen) atoms. The molecule has 0 radical (unpaired) electrons. The van der Waals surface area contributed by atoms with Crippen molar-refractivity contribution in [3.05, 3.63) is 106 Å². The normalized spacial score (nSPS) is 13.8. The molecule has 0 saturated heterocycles. The number of sulfonamides is 1. The van der Waals surface area contributed by atoms with Crippen molar-refractivity contribution in [3.8, 4) is 16.9 Å². The minimum Gasteiger partial charge on any atom is -0.569 e. The fourth-order valence-electron chi connectivity index (χ4n) is 5.50. The van der Waals surface area contributed by atoms with Gasteiger partial charge in [-0.25, -0.2) is 22.7 Å². The van der Waals surface area contributed by atoms with Crippen LogP contribution >= 0.6 is 0 Å². The summed E-state index contributed by atoms with van der Waals surface area (Å²) < 4.78 is 74.5. The number of alkyl halides is 3. The number of imide groups is 1. The third kappa shape index (κ3) is 9.31. The van der Waals surface area contributed by atoms with Crippen molar-refractivity contribution >= 4 is 33.7 Å². The first kappa shape index (κ1) is 40.9. The van der Waals surface area contributed by atoms with Crippen molar-refractivity contribution in [2.45, 2.75) is 63.9 Å². The van der Waals surface area contributed by atoms with E-state index in [1.165, 1.54) is 31.2 Å². The van der Waals surface area contributed by atoms with Crippen molar-refractivity contribution in [3.63, 3.8) is 0 Å². The first-order chi connectivity index (χ1) is 26.4. The number of hydrazine groups is 1. The highest BCUT2D eigenvalue weighted by Crippen LogP contribution is 2.33. The van der Waals surface area contributed by atoms with Crippen LogP contribution in [0.15, 0.2) is 89.0 Å². The molecule has 3 amide bonds. The van der Waals surface area contributed by atoms with E-state index in [0.717, 1.165) is 38.4 Å². The van der Waals surface area contributed by atoms with E-state index < -0.39 is 70.7 Å². The van der Waals surface area contributed by atoms with Crippen LogP contribution in [0.4, 0.5) is 13.2 Å². The van der Waals surface area contributed by atoms with E-state index in [1.807, 2.05) is 11.6 Å². The number of ether oxygens (including phenoxy) is 1. The maximum Gasteiger partial charge on any atom is 0.435 e. The highest BCUT2D eigenvalue weighted by atomic mass is 32.2. The van der Waals surface area contributed by atoms with Gasteiger partial charge in [0.2, 0.25) is 17.4 Å². The molecule has 0 saturated carbocycles. The molecule has 1 atom stereocenters. The fraction of sp³-hybridized carbons (Fsp3) is 0.306. The van der Waals surface area contributed by atoms with Gasteiger partial charge in [0.1, 0.15) is 13.2 Å². The summed E-state index contributed by atoms with van der Waals surface area (Å²) in [5.41, 5.74) is 0.815. The number of fused-ring (bicyclic) bond motifs is 1. The lowest BCUT2D eigenvalue weighted by Gasteiger charge is -2.23. The Kier molecular flexibility index (Phi) is 12.1. The van der Waals surface area contributed by atoms with Crippen LogP contribution < -0.4 is 4.72 Å². The van der Waals surface area contributed by atoms with Crippen LogP contribution in [0.5, 0.6) is 0 Å². The lowest BCUT2D eigenvalue weighted by molar-refractivity contribution is -0.718. The number of aryl methyl sites for hydroxylation is 1. The van der Waals surface area contributed by atoms with Gasteiger partial charge in [-0.2, -0.15) is 18.3 Å². The first-order valence-electron chi connectivity index (χ1n) is 17.0. The van der Waals surface area contributed by atoms with Crippen molar-refractivity contribution in [2.24, 2.45) is 5.28 Å². The van der Waals surface area contributed by atoms with Gasteiger partial charge in [-0.15, -0.1) is 5.01 Å². The molecule has 1 aliphatic rings. The number of carbonyl (C=O) groups is 4. The number of nitrogens with zero attached hydrogens (tertiary/aromatic N) is 6. The standard InChI is InChI=1S/C36H36F3N7O9S/c1-22(2)43(46(51)42-55-24(4)44-34(49)28-7-5-6-8-29(28)35(44)50)19-20-54-33(48)18-17-32(47)41-56(52,53)27-15-13-26(14-16-27)45-30(21-31(40-45)36(37,38)39)25-11-9-23(3)10-12-25/h5-16,21-22,24H,17-20H2,1-4H3,(H,41,47)/b46-42+. The van der Waals surface area contributed by atoms with Crippen molar-refractivity contribution < 1.29 is 55.3 Å². The van der Waals surface area contributed by atoms with Crippen LogP contribution in [-0.4, -0.2) is 82.2 Å². The lowest BCUT2D eigenvalue weighted by atomic mass is 10.1. The van der Waals surface area contributed by atoms with Gasteiger partial charge in [-0.3, -0.25) is 19.2 Å². The van der Waals surface area contributed by atoms with E-state index in [2.05, 4.69) is 10.4 Å². The van der Waals surface area contributed by atoms with Crippen LogP contribution in [0.1, 0.15) is 65.6 Å². The molecule has 5 rings (SSSR count). The number of hydrogen-bond donors (Lipinski definition) is 1. The zero-order valence-electron chi connectivity index (χ0n) is 30.4. The van der Waals surface area contributed by atoms with E-state index in [4.69, 9.17) is 9.57 Å². The average molecular weight is 800 g/mol. The van der Waals surface area contributed by atoms with Crippen molar-refractivity contribution in [2.75, 3.05) is 13.2 Å². The van der Waals surface area contributed by atoms with Gasteiger partial charge in [-0.1, -0.05) is 42.0 Å². The molecule has 1 N–H and O–H groups in total. The summed E-state index contributed by atoms with van der Waals surface area (Å²) in [5, 5.41) is 21.0. The Hall–Kier alpha value is -6.31. The summed E-state index contributed by atoms with van der Waals surface area (Å²) in [6.07, 6.45) is -7.06. The number of benzene rings is 3. The van der Waals surface area contributed by atoms with Crippen LogP contribution in [0.25, 0.3) is 16.9 Å². The molecule has 296 valence electrons. The molecule has 16 nitrogen and oxygen atoms in total. The van der Waals surface area contributed by atoms with Gasteiger partial charge < -0.3 is 14.8 Å². The SMILES string of the molecule is Cc1ccc(-c2cc(C(F)(F)F)nn2-c2ccc(S(=O)(=O)NC(=O)CCC(=O)OCCN(C(C)C)/[N+]([O-])=N\OC(C)N3C(=O)c4ccccc4C3=O)cc2)cc1. The van der Waals surface area contributed by atoms with Crippen LogP contribution in [0, 0.1) is 12.1 Å². The second-order valence-electron chi connectivity index (χ2n) is 12.8. The monoisotopic (exact) mass is 799 g/mol. The minimum absolute atomic E-state index is 0.0792. The zero-order valence-corrected chi connectivity index (χ0v) is 31.2. The Labute approximate surface area is 318 Å². The van der Waals surface area contributed by atoms with E-state index in [1.54, 1.807) is 50.2 Å². The Morgan fingerprint density at radius 2 is 1.57 bits per heavy atom. The van der Waals surface area contributed by atoms with E-state index in [0.29, 0.717) is 5.56 Å². The second-order valence-corrected chi connectivity index (χ2v) is 14.4. The summed E-state index contributed by atoms with van der Waals surface area (Å²) in [7, 11) is -4.45. The molecule has 3 aromatic carbocycles. The number of carbonyl (C=O) groups excluding carboxylic acids is 4. The number of amides is 3. The molecular weight excluding hydrogens is 763 g/mol. The molecule has 0 bridgehead atoms. The number of rotatable bonds is 15. The molecular formula is C36H36F3N7O9S. The third-order valence-electron chi connectivity index (χ3n) is 8.40. The van der Waals surface area contributed by atoms with E-state index in [-0.39, 0.29) is 45.5 Å². The van der Waals surface area contributed by atoms with Gasteiger partial charge in [-0.05, 0) is 70.2 Å². The van der Waals surface area contributed by atoms with Gasteiger partial charge in [0.05, 0.1) is 44.8 Å². The third-order valence-corrected chi connectivity index (χ3v) is 9.79. The van der Waals surface area contributed by atoms with Crippen molar-refractivity contribution in [1.29, 1.82) is 0 Å². The predicted molar refractivity (Wildman–Crippen MR) is 190 cm³/mol. The quantitative estimate of drug-likeness (QED) is 0.0549. The summed E-state index contributed by atoms with van der Waals surface area (Å²) in [6.45, 7) is 5.94. The number of hydrogen-bond acceptors (Lipinski definition) is 11. The molecule has 0 fully saturated rings. The van der Waals surface area contributed by atoms with Gasteiger partial charge >= 0.3 is 12.1 Å². The molecule has 4 aromatic rings. The molecule has 0 spiro atoms. The summed E-state index contributed by atoms with van der Waals surface area (Å²) in [4.78, 5) is 55.8. The number of halogens is 3. The zero-order chi connectivity index (χ0) is 40.9. The maximum absolute atomic E-state index is 13.6. The first-order valence-corrected chi connectivity index (χ1v) is 18.5. The minimum atomic E-state index is -4.74. The smallest absolute Gasteiger partial charge is 0.435 e. The molecule has 1 unspecified atom stereocenters. The summed E-state index contributed by atoms with van der Waals surface area (Å²) >= 11 is 0. The molecule has 1 aliphatic heterocycles. The summed E-state index contributed by atoms with van der Waals surface area (Å²) in [5.74, 6) is -3.12. The molecule has 20 heteroatoms. The van der Waals surface area contributed by atoms with Crippen LogP contribution in [0.2, 0.25) is 0 Å². The number of aromatic nitrogens is 2. The highest BCUT2D eigenvalue weighted by molar-refractivity contribution is 7.90. The summed E-state index contributed by atoms with van der Waals surface area (Å²) in [6, 6.07) is 18.0. The van der Waals surface area contributed by atoms with Crippen molar-refractivity contribution in [1.82, 2.24) is 24.4 Å². The Morgan fingerprint density at radius 3 is 2.14 bits per heavy atom. The largest absolute Gasteiger partial charge is 0.569 e. The Morgan fingerprint density at radius 1 is 0.964 bits per heavy atom.